The molecule has 0 aromatic carbocycles. The van der Waals surface area contributed by atoms with Crippen molar-refractivity contribution in [3.8, 4) is 0 Å². The summed E-state index contributed by atoms with van der Waals surface area (Å²) < 4.78 is 1.63. The van der Waals surface area contributed by atoms with Crippen molar-refractivity contribution in [3.63, 3.8) is 0 Å². The fourth-order valence-electron chi connectivity index (χ4n) is 2.78. The van der Waals surface area contributed by atoms with Gasteiger partial charge in [-0.05, 0) is 18.9 Å². The van der Waals surface area contributed by atoms with Gasteiger partial charge in [-0.2, -0.15) is 4.98 Å². The molecule has 0 bridgehead atoms. The van der Waals surface area contributed by atoms with Crippen LogP contribution >= 0.6 is 0 Å². The van der Waals surface area contributed by atoms with E-state index in [2.05, 4.69) is 25.3 Å². The van der Waals surface area contributed by atoms with E-state index in [1.807, 2.05) is 0 Å². The molecule has 1 saturated heterocycles. The van der Waals surface area contributed by atoms with Gasteiger partial charge in [-0.3, -0.25) is 9.79 Å². The number of carbonyl (C=O) groups is 2. The molecule has 136 valence electrons. The van der Waals surface area contributed by atoms with Crippen molar-refractivity contribution < 1.29 is 14.7 Å². The van der Waals surface area contributed by atoms with Gasteiger partial charge in [-0.25, -0.2) is 9.31 Å². The largest absolute Gasteiger partial charge is 0.478 e. The Hall–Kier alpha value is -3.43. The van der Waals surface area contributed by atoms with E-state index in [4.69, 9.17) is 10.8 Å². The van der Waals surface area contributed by atoms with Crippen LogP contribution in [0.15, 0.2) is 35.1 Å². The smallest absolute Gasteiger partial charge is 0.339 e. The molecule has 3 rings (SSSR count). The van der Waals surface area contributed by atoms with Gasteiger partial charge < -0.3 is 21.1 Å². The number of nitrogens with zero attached hydrogens (tertiary/aromatic N) is 5. The van der Waals surface area contributed by atoms with Crippen LogP contribution in [-0.2, 0) is 9.59 Å². The number of hydrogen-bond donors (Lipinski definition) is 3. The second-order valence-electron chi connectivity index (χ2n) is 5.74. The summed E-state index contributed by atoms with van der Waals surface area (Å²) in [4.78, 5) is 33.8. The fraction of sp³-hybridized carbons (Fsp3) is 0.312. The lowest BCUT2D eigenvalue weighted by Gasteiger charge is -2.10. The Labute approximate surface area is 149 Å². The van der Waals surface area contributed by atoms with Gasteiger partial charge in [0.15, 0.2) is 5.65 Å². The van der Waals surface area contributed by atoms with Crippen LogP contribution in [0.2, 0.25) is 0 Å². The number of aliphatic carboxylic acids is 1. The van der Waals surface area contributed by atoms with Gasteiger partial charge in [-0.15, -0.1) is 5.10 Å². The van der Waals surface area contributed by atoms with Crippen LogP contribution in [-0.4, -0.2) is 57.4 Å². The van der Waals surface area contributed by atoms with Crippen molar-refractivity contribution in [3.05, 3.63) is 30.1 Å². The van der Waals surface area contributed by atoms with Crippen LogP contribution in [0, 0.1) is 0 Å². The summed E-state index contributed by atoms with van der Waals surface area (Å²) in [6.07, 6.45) is 4.76. The van der Waals surface area contributed by atoms with Gasteiger partial charge in [0.1, 0.15) is 11.3 Å². The molecule has 2 aromatic heterocycles. The quantitative estimate of drug-likeness (QED) is 0.515. The molecule has 1 fully saturated rings. The molecule has 10 heteroatoms. The number of carboxylic acids is 1. The Morgan fingerprint density at radius 3 is 2.73 bits per heavy atom. The van der Waals surface area contributed by atoms with E-state index >= 15 is 0 Å². The number of anilines is 2. The Bertz CT molecular complexity index is 910. The van der Waals surface area contributed by atoms with Crippen LogP contribution in [0.5, 0.6) is 0 Å². The van der Waals surface area contributed by atoms with Crippen LogP contribution in [0.3, 0.4) is 0 Å². The Balaban J connectivity index is 1.82. The number of amides is 1. The average molecular weight is 357 g/mol. The minimum Gasteiger partial charge on any atom is -0.478 e. The zero-order valence-corrected chi connectivity index (χ0v) is 14.2. The van der Waals surface area contributed by atoms with Crippen LogP contribution in [0.1, 0.15) is 12.8 Å². The number of aliphatic imine (C=N–C) groups is 1. The van der Waals surface area contributed by atoms with E-state index in [0.717, 1.165) is 32.1 Å². The number of carboxylic acid groups (broad SMARTS) is 1. The van der Waals surface area contributed by atoms with E-state index in [1.165, 1.54) is 7.05 Å². The highest BCUT2D eigenvalue weighted by molar-refractivity contribution is 6.53. The average Bonchev–Trinajstić information content (AvgIpc) is 3.27. The number of nitrogens with one attached hydrogen (secondary N) is 1. The maximum absolute atomic E-state index is 12.3. The summed E-state index contributed by atoms with van der Waals surface area (Å²) in [5, 5.41) is 16.1. The fourth-order valence-corrected chi connectivity index (χ4v) is 2.78. The summed E-state index contributed by atoms with van der Waals surface area (Å²) in [6, 6.07) is 3.30. The molecule has 0 aliphatic carbocycles. The Morgan fingerprint density at radius 1 is 1.38 bits per heavy atom. The van der Waals surface area contributed by atoms with Gasteiger partial charge in [-0.1, -0.05) is 0 Å². The van der Waals surface area contributed by atoms with Crippen LogP contribution < -0.4 is 16.0 Å². The minimum absolute atomic E-state index is 0.265. The van der Waals surface area contributed by atoms with E-state index in [-0.39, 0.29) is 11.3 Å². The van der Waals surface area contributed by atoms with Crippen LogP contribution in [0.25, 0.3) is 5.65 Å². The molecule has 10 nitrogen and oxygen atoms in total. The molecule has 1 amide bonds. The maximum Gasteiger partial charge on any atom is 0.339 e. The van der Waals surface area contributed by atoms with Crippen molar-refractivity contribution in [1.29, 1.82) is 0 Å². The van der Waals surface area contributed by atoms with Gasteiger partial charge in [0.05, 0.1) is 0 Å². The summed E-state index contributed by atoms with van der Waals surface area (Å²) in [5.74, 6) is -1.34. The first-order valence-electron chi connectivity index (χ1n) is 8.08. The molecular formula is C16H19N7O3. The molecule has 0 spiro atoms. The predicted molar refractivity (Wildman–Crippen MR) is 96.3 cm³/mol. The number of hydrogen-bond acceptors (Lipinski definition) is 7. The van der Waals surface area contributed by atoms with Gasteiger partial charge in [0, 0.05) is 44.3 Å². The maximum atomic E-state index is 12.3. The summed E-state index contributed by atoms with van der Waals surface area (Å²) >= 11 is 0. The predicted octanol–water partition coefficient (Wildman–Crippen LogP) is 0.266. The van der Waals surface area contributed by atoms with E-state index in [1.54, 1.807) is 22.8 Å². The lowest BCUT2D eigenvalue weighted by atomic mass is 10.1. The van der Waals surface area contributed by atoms with Gasteiger partial charge >= 0.3 is 5.97 Å². The summed E-state index contributed by atoms with van der Waals surface area (Å²) in [7, 11) is 1.32. The molecule has 3 heterocycles. The summed E-state index contributed by atoms with van der Waals surface area (Å²) in [6.45, 7) is 1.86. The highest BCUT2D eigenvalue weighted by atomic mass is 16.4. The first-order chi connectivity index (χ1) is 12.5. The van der Waals surface area contributed by atoms with E-state index in [9.17, 15) is 9.59 Å². The van der Waals surface area contributed by atoms with Crippen molar-refractivity contribution in [2.24, 2.45) is 10.7 Å². The highest BCUT2D eigenvalue weighted by Gasteiger charge is 2.22. The molecule has 0 unspecified atom stereocenters. The highest BCUT2D eigenvalue weighted by Crippen LogP contribution is 2.18. The number of carbonyl (C=O) groups excluding carboxylic acids is 1. The SMILES string of the molecule is CN=C(C(=O)Nc1ccn2nc(N3CCCC3)nc2c1)C(=CN)C(=O)O. The molecule has 26 heavy (non-hydrogen) atoms. The van der Waals surface area contributed by atoms with Gasteiger partial charge in [0.2, 0.25) is 5.95 Å². The topological polar surface area (TPSA) is 138 Å². The number of aromatic nitrogens is 3. The third-order valence-corrected chi connectivity index (χ3v) is 4.06. The standard InChI is InChI=1S/C16H19N7O3/c1-18-13(11(9-17)15(25)26)14(24)19-10-4-7-23-12(8-10)20-16(21-23)22-5-2-3-6-22/h4,7-9H,2-3,5-6,17H2,1H3,(H,19,24)(H,25,26). The third-order valence-electron chi connectivity index (χ3n) is 4.06. The van der Waals surface area contributed by atoms with Gasteiger partial charge in [0.25, 0.3) is 5.91 Å². The normalized spacial score (nSPS) is 15.5. The third kappa shape index (κ3) is 3.34. The number of nitrogens with two attached hydrogens (primary N) is 1. The summed E-state index contributed by atoms with van der Waals surface area (Å²) in [5.41, 5.74) is 5.68. The molecule has 0 saturated carbocycles. The van der Waals surface area contributed by atoms with Crippen molar-refractivity contribution in [1.82, 2.24) is 14.6 Å². The Kier molecular flexibility index (Phi) is 4.83. The van der Waals surface area contributed by atoms with Crippen molar-refractivity contribution in [2.75, 3.05) is 30.4 Å². The second-order valence-corrected chi connectivity index (χ2v) is 5.74. The number of fused-ring (bicyclic) bond motifs is 1. The molecule has 2 aromatic rings. The molecule has 0 radical (unpaired) electrons. The lowest BCUT2D eigenvalue weighted by molar-refractivity contribution is -0.132. The van der Waals surface area contributed by atoms with Crippen LogP contribution in [0.4, 0.5) is 11.6 Å². The monoisotopic (exact) mass is 357 g/mol. The first kappa shape index (κ1) is 17.4. The molecule has 1 aliphatic heterocycles. The number of pyridine rings is 1. The van der Waals surface area contributed by atoms with Crippen molar-refractivity contribution >= 4 is 34.9 Å². The van der Waals surface area contributed by atoms with Crippen molar-refractivity contribution in [2.45, 2.75) is 12.8 Å². The molecule has 1 aliphatic rings. The zero-order chi connectivity index (χ0) is 18.7. The van der Waals surface area contributed by atoms with E-state index in [0.29, 0.717) is 17.3 Å². The first-order valence-corrected chi connectivity index (χ1v) is 8.08. The zero-order valence-electron chi connectivity index (χ0n) is 14.2. The molecular weight excluding hydrogens is 338 g/mol. The minimum atomic E-state index is -1.33. The second kappa shape index (κ2) is 7.21. The molecule has 0 atom stereocenters. The Morgan fingerprint density at radius 2 is 2.12 bits per heavy atom. The number of rotatable bonds is 5. The molecule has 4 N–H and O–H groups in total. The van der Waals surface area contributed by atoms with E-state index < -0.39 is 11.9 Å². The lowest BCUT2D eigenvalue weighted by Crippen LogP contribution is -2.28.